The Bertz CT molecular complexity index is 1250. The summed E-state index contributed by atoms with van der Waals surface area (Å²) in [6.45, 7) is 18.3. The van der Waals surface area contributed by atoms with Crippen molar-refractivity contribution >= 4 is 29.8 Å². The standard InChI is InChI=1S/C33H56N6O8/c1-19(2)13-24(30(43)45-12)35-28(41)26(20(3)4)37-27(40)25-15-22(46-32(5,6)7)17-39(25)29(42)23(14-21-16-34-18-38(21)11)36-31(44)47-33(8,9)10/h16,18-20,22-26H,13-15,17H2,1-12H3,(H,35,41)(H,36,44)(H,37,40)/t22-,23+,24+,25+,26-/m1/s1. The van der Waals surface area contributed by atoms with Gasteiger partial charge in [-0.3, -0.25) is 14.4 Å². The van der Waals surface area contributed by atoms with Crippen LogP contribution >= 0.6 is 0 Å². The third-order valence-electron chi connectivity index (χ3n) is 7.44. The second kappa shape index (κ2) is 16.4. The number of carbonyl (C=O) groups is 5. The molecule has 266 valence electrons. The van der Waals surface area contributed by atoms with E-state index in [9.17, 15) is 24.0 Å². The van der Waals surface area contributed by atoms with Crippen molar-refractivity contribution in [2.45, 2.75) is 130 Å². The average molecular weight is 665 g/mol. The van der Waals surface area contributed by atoms with E-state index < -0.39 is 71.3 Å². The van der Waals surface area contributed by atoms with Gasteiger partial charge >= 0.3 is 12.1 Å². The minimum Gasteiger partial charge on any atom is -0.467 e. The van der Waals surface area contributed by atoms with Crippen LogP contribution < -0.4 is 16.0 Å². The van der Waals surface area contributed by atoms with Gasteiger partial charge < -0.3 is 39.6 Å². The number of likely N-dealkylation sites (tertiary alicyclic amines) is 1. The van der Waals surface area contributed by atoms with Crippen LogP contribution in [0.5, 0.6) is 0 Å². The second-order valence-electron chi connectivity index (χ2n) is 14.9. The fourth-order valence-corrected chi connectivity index (χ4v) is 5.39. The molecule has 1 aromatic heterocycles. The second-order valence-corrected chi connectivity index (χ2v) is 14.9. The molecular weight excluding hydrogens is 608 g/mol. The van der Waals surface area contributed by atoms with Gasteiger partial charge in [0.1, 0.15) is 29.8 Å². The van der Waals surface area contributed by atoms with Crippen LogP contribution in [0, 0.1) is 11.8 Å². The van der Waals surface area contributed by atoms with Crippen LogP contribution in [0.3, 0.4) is 0 Å². The van der Waals surface area contributed by atoms with Gasteiger partial charge in [0.05, 0.1) is 25.1 Å². The predicted octanol–water partition coefficient (Wildman–Crippen LogP) is 2.49. The molecule has 2 heterocycles. The first-order valence-electron chi connectivity index (χ1n) is 16.2. The van der Waals surface area contributed by atoms with Crippen molar-refractivity contribution in [2.75, 3.05) is 13.7 Å². The fraction of sp³-hybridized carbons (Fsp3) is 0.758. The smallest absolute Gasteiger partial charge is 0.408 e. The highest BCUT2D eigenvalue weighted by atomic mass is 16.6. The van der Waals surface area contributed by atoms with Crippen molar-refractivity contribution in [3.63, 3.8) is 0 Å². The number of hydrogen-bond donors (Lipinski definition) is 3. The van der Waals surface area contributed by atoms with E-state index in [2.05, 4.69) is 20.9 Å². The molecule has 1 aromatic rings. The SMILES string of the molecule is COC(=O)[C@H](CC(C)C)NC(=O)[C@H](NC(=O)[C@@H]1C[C@@H](OC(C)(C)C)CN1C(=O)[C@H](Cc1cncn1C)NC(=O)OC(C)(C)C)C(C)C. The van der Waals surface area contributed by atoms with Gasteiger partial charge in [-0.05, 0) is 59.8 Å². The number of ether oxygens (including phenoxy) is 3. The van der Waals surface area contributed by atoms with Crippen LogP contribution in [0.1, 0.15) is 87.8 Å². The lowest BCUT2D eigenvalue weighted by molar-refractivity contribution is -0.146. The lowest BCUT2D eigenvalue weighted by Crippen LogP contribution is -2.59. The highest BCUT2D eigenvalue weighted by molar-refractivity contribution is 5.95. The van der Waals surface area contributed by atoms with Crippen molar-refractivity contribution in [3.8, 4) is 0 Å². The minimum absolute atomic E-state index is 0.0867. The molecule has 0 aliphatic carbocycles. The maximum absolute atomic E-state index is 14.3. The summed E-state index contributed by atoms with van der Waals surface area (Å²) in [6, 6.07) is -3.99. The van der Waals surface area contributed by atoms with E-state index in [1.54, 1.807) is 58.8 Å². The number of aryl methyl sites for hydroxylation is 1. The van der Waals surface area contributed by atoms with E-state index in [-0.39, 0.29) is 31.2 Å². The Hall–Kier alpha value is -3.68. The van der Waals surface area contributed by atoms with E-state index in [0.717, 1.165) is 0 Å². The average Bonchev–Trinajstić information content (AvgIpc) is 3.52. The number of methoxy groups -OCH3 is 1. The number of aromatic nitrogens is 2. The van der Waals surface area contributed by atoms with Gasteiger partial charge in [-0.2, -0.15) is 0 Å². The maximum atomic E-state index is 14.3. The Kier molecular flexibility index (Phi) is 13.8. The molecule has 2 rings (SSSR count). The normalized spacial score (nSPS) is 18.8. The molecule has 0 saturated carbocycles. The quantitative estimate of drug-likeness (QED) is 0.268. The number of amides is 4. The highest BCUT2D eigenvalue weighted by Gasteiger charge is 2.45. The van der Waals surface area contributed by atoms with E-state index >= 15 is 0 Å². The molecule has 1 aliphatic rings. The van der Waals surface area contributed by atoms with Gasteiger partial charge in [-0.1, -0.05) is 27.7 Å². The van der Waals surface area contributed by atoms with Crippen molar-refractivity contribution < 1.29 is 38.2 Å². The Balaban J connectivity index is 2.41. The molecule has 5 atom stereocenters. The Morgan fingerprint density at radius 2 is 1.60 bits per heavy atom. The number of carbonyl (C=O) groups excluding carboxylic acids is 5. The maximum Gasteiger partial charge on any atom is 0.408 e. The van der Waals surface area contributed by atoms with Crippen LogP contribution in [0.4, 0.5) is 4.79 Å². The molecular formula is C33H56N6O8. The molecule has 1 fully saturated rings. The molecule has 0 radical (unpaired) electrons. The minimum atomic E-state index is -1.09. The molecule has 1 aliphatic heterocycles. The lowest BCUT2D eigenvalue weighted by atomic mass is 9.99. The van der Waals surface area contributed by atoms with E-state index in [4.69, 9.17) is 14.2 Å². The molecule has 0 unspecified atom stereocenters. The number of imidazole rings is 1. The first-order chi connectivity index (χ1) is 21.6. The first-order valence-corrected chi connectivity index (χ1v) is 16.2. The predicted molar refractivity (Wildman–Crippen MR) is 175 cm³/mol. The lowest BCUT2D eigenvalue weighted by Gasteiger charge is -2.31. The largest absolute Gasteiger partial charge is 0.467 e. The van der Waals surface area contributed by atoms with Crippen LogP contribution in [0.2, 0.25) is 0 Å². The Morgan fingerprint density at radius 1 is 0.957 bits per heavy atom. The molecule has 47 heavy (non-hydrogen) atoms. The van der Waals surface area contributed by atoms with Crippen molar-refractivity contribution in [2.24, 2.45) is 18.9 Å². The summed E-state index contributed by atoms with van der Waals surface area (Å²) in [5, 5.41) is 8.26. The zero-order valence-corrected chi connectivity index (χ0v) is 30.1. The van der Waals surface area contributed by atoms with Crippen LogP contribution in [0.15, 0.2) is 12.5 Å². The van der Waals surface area contributed by atoms with Gasteiger partial charge in [0.25, 0.3) is 0 Å². The molecule has 0 aromatic carbocycles. The molecule has 0 spiro atoms. The van der Waals surface area contributed by atoms with Gasteiger partial charge in [-0.25, -0.2) is 14.6 Å². The van der Waals surface area contributed by atoms with Crippen LogP contribution in [0.25, 0.3) is 0 Å². The monoisotopic (exact) mass is 664 g/mol. The highest BCUT2D eigenvalue weighted by Crippen LogP contribution is 2.27. The summed E-state index contributed by atoms with van der Waals surface area (Å²) in [5.74, 6) is -2.43. The van der Waals surface area contributed by atoms with E-state index in [0.29, 0.717) is 12.1 Å². The number of rotatable bonds is 13. The Labute approximate surface area is 279 Å². The summed E-state index contributed by atoms with van der Waals surface area (Å²) in [6.07, 6.45) is 2.54. The third kappa shape index (κ3) is 12.5. The first kappa shape index (κ1) is 39.5. The summed E-state index contributed by atoms with van der Waals surface area (Å²) in [7, 11) is 3.03. The van der Waals surface area contributed by atoms with E-state index in [1.165, 1.54) is 12.0 Å². The van der Waals surface area contributed by atoms with Crippen LogP contribution in [-0.2, 0) is 46.9 Å². The molecule has 0 bridgehead atoms. The van der Waals surface area contributed by atoms with Gasteiger partial charge in [0.15, 0.2) is 0 Å². The van der Waals surface area contributed by atoms with Crippen molar-refractivity contribution in [3.05, 3.63) is 18.2 Å². The molecule has 1 saturated heterocycles. The van der Waals surface area contributed by atoms with Gasteiger partial charge in [0, 0.05) is 38.3 Å². The van der Waals surface area contributed by atoms with E-state index in [1.807, 2.05) is 34.6 Å². The molecule has 14 nitrogen and oxygen atoms in total. The van der Waals surface area contributed by atoms with Crippen LogP contribution in [-0.4, -0.2) is 99.4 Å². The molecule has 3 N–H and O–H groups in total. The molecule has 14 heteroatoms. The number of nitrogens with one attached hydrogen (secondary N) is 3. The summed E-state index contributed by atoms with van der Waals surface area (Å²) in [5.41, 5.74) is -0.687. The topological polar surface area (TPSA) is 170 Å². The number of alkyl carbamates (subject to hydrolysis) is 1. The summed E-state index contributed by atoms with van der Waals surface area (Å²) >= 11 is 0. The fourth-order valence-electron chi connectivity index (χ4n) is 5.39. The third-order valence-corrected chi connectivity index (χ3v) is 7.44. The number of nitrogens with zero attached hydrogens (tertiary/aromatic N) is 3. The van der Waals surface area contributed by atoms with Gasteiger partial charge in [0.2, 0.25) is 17.7 Å². The Morgan fingerprint density at radius 3 is 2.09 bits per heavy atom. The van der Waals surface area contributed by atoms with Gasteiger partial charge in [-0.15, -0.1) is 0 Å². The number of esters is 1. The van der Waals surface area contributed by atoms with Crippen molar-refractivity contribution in [1.29, 1.82) is 0 Å². The zero-order chi connectivity index (χ0) is 35.9. The molecule has 4 amide bonds. The summed E-state index contributed by atoms with van der Waals surface area (Å²) < 4.78 is 18.3. The number of hydrogen-bond acceptors (Lipinski definition) is 9. The zero-order valence-electron chi connectivity index (χ0n) is 30.1. The van der Waals surface area contributed by atoms with Crippen molar-refractivity contribution in [1.82, 2.24) is 30.4 Å². The summed E-state index contributed by atoms with van der Waals surface area (Å²) in [4.78, 5) is 72.5.